The number of halogens is 1. The highest BCUT2D eigenvalue weighted by atomic mass is 19.1. The van der Waals surface area contributed by atoms with Gasteiger partial charge in [0.25, 0.3) is 0 Å². The summed E-state index contributed by atoms with van der Waals surface area (Å²) < 4.78 is 18.4. The third-order valence-electron chi connectivity index (χ3n) is 4.59. The summed E-state index contributed by atoms with van der Waals surface area (Å²) in [6.45, 7) is 1.29. The largest absolute Gasteiger partial charge is 0.439 e. The van der Waals surface area contributed by atoms with Gasteiger partial charge in [0.1, 0.15) is 18.0 Å². The van der Waals surface area contributed by atoms with Crippen molar-refractivity contribution in [3.05, 3.63) is 30.1 Å². The van der Waals surface area contributed by atoms with Gasteiger partial charge in [-0.25, -0.2) is 9.18 Å². The molecule has 136 valence electrons. The van der Waals surface area contributed by atoms with E-state index in [0.29, 0.717) is 31.0 Å². The van der Waals surface area contributed by atoms with E-state index in [4.69, 9.17) is 4.74 Å². The molecule has 2 aliphatic rings. The Morgan fingerprint density at radius 1 is 1.35 bits per heavy atom. The summed E-state index contributed by atoms with van der Waals surface area (Å²) in [6, 6.07) is 5.72. The molecule has 2 fully saturated rings. The average Bonchev–Trinajstić information content (AvgIpc) is 3.23. The quantitative estimate of drug-likeness (QED) is 0.859. The maximum absolute atomic E-state index is 13.0. The maximum Gasteiger partial charge on any atom is 0.407 e. The van der Waals surface area contributed by atoms with Crippen LogP contribution in [0.2, 0.25) is 0 Å². The first kappa shape index (κ1) is 16.4. The molecule has 0 aliphatic carbocycles. The SMILES string of the molecule is O=C1NCC2(CCCN(C(=O)Cn3nnc(-c4ccc(F)cc4)n3)C2)O1. The number of tetrazole rings is 1. The van der Waals surface area contributed by atoms with Crippen LogP contribution in [0.3, 0.4) is 0 Å². The van der Waals surface area contributed by atoms with Crippen molar-refractivity contribution in [2.45, 2.75) is 25.0 Å². The third kappa shape index (κ3) is 3.22. The maximum atomic E-state index is 13.0. The molecule has 2 aromatic rings. The molecule has 26 heavy (non-hydrogen) atoms. The lowest BCUT2D eigenvalue weighted by atomic mass is 9.93. The van der Waals surface area contributed by atoms with Gasteiger partial charge in [-0.1, -0.05) is 0 Å². The number of rotatable bonds is 3. The van der Waals surface area contributed by atoms with Gasteiger partial charge in [0.05, 0.1) is 13.1 Å². The van der Waals surface area contributed by atoms with Crippen molar-refractivity contribution in [3.8, 4) is 11.4 Å². The smallest absolute Gasteiger partial charge is 0.407 e. The molecule has 1 aromatic heterocycles. The normalized spacial score (nSPS) is 22.3. The van der Waals surface area contributed by atoms with Crippen molar-refractivity contribution >= 4 is 12.0 Å². The van der Waals surface area contributed by atoms with Gasteiger partial charge in [0, 0.05) is 12.1 Å². The fourth-order valence-electron chi connectivity index (χ4n) is 3.29. The fourth-order valence-corrected chi connectivity index (χ4v) is 3.29. The first-order chi connectivity index (χ1) is 12.5. The van der Waals surface area contributed by atoms with Crippen LogP contribution in [-0.2, 0) is 16.1 Å². The molecule has 4 rings (SSSR count). The molecule has 9 nitrogen and oxygen atoms in total. The highest BCUT2D eigenvalue weighted by Crippen LogP contribution is 2.28. The zero-order valence-corrected chi connectivity index (χ0v) is 13.9. The Balaban J connectivity index is 1.42. The van der Waals surface area contributed by atoms with Crippen molar-refractivity contribution in [2.75, 3.05) is 19.6 Å². The highest BCUT2D eigenvalue weighted by Gasteiger charge is 2.44. The Labute approximate surface area is 148 Å². The lowest BCUT2D eigenvalue weighted by Crippen LogP contribution is -2.53. The van der Waals surface area contributed by atoms with Gasteiger partial charge in [-0.3, -0.25) is 4.79 Å². The second-order valence-electron chi connectivity index (χ2n) is 6.50. The number of hydrogen-bond donors (Lipinski definition) is 1. The fraction of sp³-hybridized carbons (Fsp3) is 0.438. The van der Waals surface area contributed by atoms with Crippen LogP contribution in [0, 0.1) is 5.82 Å². The van der Waals surface area contributed by atoms with E-state index < -0.39 is 11.7 Å². The van der Waals surface area contributed by atoms with Gasteiger partial charge in [-0.05, 0) is 42.3 Å². The number of nitrogens with zero attached hydrogens (tertiary/aromatic N) is 5. The van der Waals surface area contributed by atoms with Gasteiger partial charge in [0.2, 0.25) is 11.7 Å². The second kappa shape index (κ2) is 6.36. The number of ether oxygens (including phenoxy) is 1. The van der Waals surface area contributed by atoms with Crippen molar-refractivity contribution < 1.29 is 18.7 Å². The molecule has 10 heteroatoms. The molecule has 1 unspecified atom stereocenters. The van der Waals surface area contributed by atoms with Crippen LogP contribution in [0.5, 0.6) is 0 Å². The topological polar surface area (TPSA) is 102 Å². The van der Waals surface area contributed by atoms with E-state index in [2.05, 4.69) is 20.7 Å². The van der Waals surface area contributed by atoms with Crippen LogP contribution in [0.4, 0.5) is 9.18 Å². The standard InChI is InChI=1S/C16H17FN6O3/c17-12-4-2-11(3-5-12)14-19-21-23(20-14)8-13(24)22-7-1-6-16(10-22)9-18-15(25)26-16/h2-5H,1,6-10H2,(H,18,25). The predicted molar refractivity (Wildman–Crippen MR) is 86.2 cm³/mol. The summed E-state index contributed by atoms with van der Waals surface area (Å²) in [7, 11) is 0. The van der Waals surface area contributed by atoms with Gasteiger partial charge < -0.3 is 15.0 Å². The molecule has 0 radical (unpaired) electrons. The Morgan fingerprint density at radius 2 is 2.15 bits per heavy atom. The number of aromatic nitrogens is 4. The zero-order valence-electron chi connectivity index (χ0n) is 13.9. The van der Waals surface area contributed by atoms with E-state index >= 15 is 0 Å². The van der Waals surface area contributed by atoms with E-state index in [1.165, 1.54) is 16.9 Å². The molecule has 2 amide bonds. The van der Waals surface area contributed by atoms with Crippen LogP contribution in [-0.4, -0.2) is 62.3 Å². The Bertz CT molecular complexity index is 839. The number of benzene rings is 1. The monoisotopic (exact) mass is 360 g/mol. The van der Waals surface area contributed by atoms with Crippen molar-refractivity contribution in [1.82, 2.24) is 30.4 Å². The highest BCUT2D eigenvalue weighted by molar-refractivity contribution is 5.76. The number of likely N-dealkylation sites (tertiary alicyclic amines) is 1. The molecule has 1 atom stereocenters. The van der Waals surface area contributed by atoms with Crippen molar-refractivity contribution in [3.63, 3.8) is 0 Å². The van der Waals surface area contributed by atoms with E-state index in [1.54, 1.807) is 17.0 Å². The first-order valence-electron chi connectivity index (χ1n) is 8.31. The predicted octanol–water partition coefficient (Wildman–Crippen LogP) is 0.580. The van der Waals surface area contributed by atoms with Crippen LogP contribution < -0.4 is 5.32 Å². The number of piperidine rings is 1. The third-order valence-corrected chi connectivity index (χ3v) is 4.59. The number of nitrogens with one attached hydrogen (secondary N) is 1. The average molecular weight is 360 g/mol. The van der Waals surface area contributed by atoms with Gasteiger partial charge in [-0.15, -0.1) is 10.2 Å². The van der Waals surface area contributed by atoms with Crippen molar-refractivity contribution in [2.24, 2.45) is 0 Å². The lowest BCUT2D eigenvalue weighted by Gasteiger charge is -2.38. The molecule has 1 aromatic carbocycles. The van der Waals surface area contributed by atoms with Crippen molar-refractivity contribution in [1.29, 1.82) is 0 Å². The zero-order chi connectivity index (χ0) is 18.1. The number of amides is 2. The Hall–Kier alpha value is -3.04. The summed E-state index contributed by atoms with van der Waals surface area (Å²) in [5.41, 5.74) is -0.0222. The molecule has 2 saturated heterocycles. The summed E-state index contributed by atoms with van der Waals surface area (Å²) >= 11 is 0. The number of hydrogen-bond acceptors (Lipinski definition) is 6. The van der Waals surface area contributed by atoms with E-state index in [9.17, 15) is 14.0 Å². The minimum Gasteiger partial charge on any atom is -0.439 e. The number of carbonyl (C=O) groups is 2. The first-order valence-corrected chi connectivity index (χ1v) is 8.31. The second-order valence-corrected chi connectivity index (χ2v) is 6.50. The summed E-state index contributed by atoms with van der Waals surface area (Å²) in [4.78, 5) is 26.8. The summed E-state index contributed by atoms with van der Waals surface area (Å²) in [6.07, 6.45) is 1.04. The Kier molecular flexibility index (Phi) is 4.02. The molecular weight excluding hydrogens is 343 g/mol. The van der Waals surface area contributed by atoms with Gasteiger partial charge >= 0.3 is 6.09 Å². The molecule has 1 N–H and O–H groups in total. The minimum absolute atomic E-state index is 0.0638. The number of alkyl carbamates (subject to hydrolysis) is 1. The lowest BCUT2D eigenvalue weighted by molar-refractivity contribution is -0.137. The van der Waals surface area contributed by atoms with Crippen LogP contribution >= 0.6 is 0 Å². The van der Waals surface area contributed by atoms with E-state index in [1.807, 2.05) is 0 Å². The minimum atomic E-state index is -0.639. The molecule has 0 bridgehead atoms. The molecular formula is C16H17FN6O3. The van der Waals surface area contributed by atoms with Crippen LogP contribution in [0.15, 0.2) is 24.3 Å². The molecule has 2 aliphatic heterocycles. The van der Waals surface area contributed by atoms with Crippen LogP contribution in [0.1, 0.15) is 12.8 Å². The molecule has 1 spiro atoms. The number of carbonyl (C=O) groups excluding carboxylic acids is 2. The Morgan fingerprint density at radius 3 is 2.88 bits per heavy atom. The molecule has 3 heterocycles. The van der Waals surface area contributed by atoms with Gasteiger partial charge in [-0.2, -0.15) is 4.80 Å². The van der Waals surface area contributed by atoms with Gasteiger partial charge in [0.15, 0.2) is 0 Å². The van der Waals surface area contributed by atoms with E-state index in [0.717, 1.165) is 12.8 Å². The van der Waals surface area contributed by atoms with E-state index in [-0.39, 0.29) is 18.3 Å². The summed E-state index contributed by atoms with van der Waals surface area (Å²) in [5, 5.41) is 14.6. The van der Waals surface area contributed by atoms with Crippen LogP contribution in [0.25, 0.3) is 11.4 Å². The molecule has 0 saturated carbocycles. The summed E-state index contributed by atoms with van der Waals surface area (Å²) in [5.74, 6) is -0.200.